The molecule has 1 aliphatic heterocycles. The van der Waals surface area contributed by atoms with Gasteiger partial charge in [0.15, 0.2) is 6.61 Å². The fourth-order valence-corrected chi connectivity index (χ4v) is 5.48. The van der Waals surface area contributed by atoms with Crippen LogP contribution in [0.4, 0.5) is 11.4 Å². The van der Waals surface area contributed by atoms with Gasteiger partial charge in [0, 0.05) is 4.88 Å². The van der Waals surface area contributed by atoms with E-state index in [1.54, 1.807) is 31.3 Å². The van der Waals surface area contributed by atoms with Crippen molar-refractivity contribution in [2.24, 2.45) is 0 Å². The quantitative estimate of drug-likeness (QED) is 0.696. The first-order valence-electron chi connectivity index (χ1n) is 10.1. The van der Waals surface area contributed by atoms with Crippen LogP contribution in [0.1, 0.15) is 37.1 Å². The number of para-hydroxylation sites is 2. The molecule has 2 amide bonds. The molecule has 3 heterocycles. The third-order valence-electron chi connectivity index (χ3n) is 5.81. The van der Waals surface area contributed by atoms with E-state index in [4.69, 9.17) is 4.74 Å². The summed E-state index contributed by atoms with van der Waals surface area (Å²) in [6.45, 7) is 3.25. The SMILES string of the molecule is CC1(C)C(=O)Nc2ccccc2N1C(=O)COc1ncnc2sc3c(c12)CCCC3. The molecule has 1 aromatic carbocycles. The minimum Gasteiger partial charge on any atom is -0.467 e. The molecule has 0 radical (unpaired) electrons. The lowest BCUT2D eigenvalue weighted by Crippen LogP contribution is -2.59. The van der Waals surface area contributed by atoms with E-state index in [2.05, 4.69) is 15.3 Å². The average molecular weight is 423 g/mol. The van der Waals surface area contributed by atoms with E-state index in [0.717, 1.165) is 29.5 Å². The predicted octanol–water partition coefficient (Wildman–Crippen LogP) is 3.71. The Morgan fingerprint density at radius 3 is 2.90 bits per heavy atom. The van der Waals surface area contributed by atoms with Crippen LogP contribution < -0.4 is 15.0 Å². The topological polar surface area (TPSA) is 84.4 Å². The number of ether oxygens (including phenoxy) is 1. The molecule has 5 rings (SSSR count). The monoisotopic (exact) mass is 422 g/mol. The van der Waals surface area contributed by atoms with Crippen molar-refractivity contribution in [1.82, 2.24) is 9.97 Å². The van der Waals surface area contributed by atoms with Crippen molar-refractivity contribution < 1.29 is 14.3 Å². The van der Waals surface area contributed by atoms with Gasteiger partial charge in [-0.05, 0) is 57.2 Å². The second-order valence-electron chi connectivity index (χ2n) is 8.12. The Balaban J connectivity index is 1.45. The van der Waals surface area contributed by atoms with Crippen molar-refractivity contribution in [1.29, 1.82) is 0 Å². The minimum absolute atomic E-state index is 0.207. The first-order valence-corrected chi connectivity index (χ1v) is 10.9. The number of hydrogen-bond donors (Lipinski definition) is 1. The van der Waals surface area contributed by atoms with Crippen LogP contribution in [-0.4, -0.2) is 33.9 Å². The number of amides is 2. The zero-order chi connectivity index (χ0) is 20.9. The average Bonchev–Trinajstić information content (AvgIpc) is 3.12. The lowest BCUT2D eigenvalue weighted by molar-refractivity contribution is -0.127. The Morgan fingerprint density at radius 1 is 1.23 bits per heavy atom. The van der Waals surface area contributed by atoms with E-state index in [9.17, 15) is 9.59 Å². The molecule has 2 aliphatic rings. The highest BCUT2D eigenvalue weighted by Crippen LogP contribution is 2.40. The Hall–Kier alpha value is -3.00. The summed E-state index contributed by atoms with van der Waals surface area (Å²) >= 11 is 1.69. The first kappa shape index (κ1) is 19.0. The van der Waals surface area contributed by atoms with Crippen molar-refractivity contribution in [3.05, 3.63) is 41.0 Å². The molecule has 154 valence electrons. The largest absolute Gasteiger partial charge is 0.467 e. The molecule has 0 unspecified atom stereocenters. The molecule has 7 nitrogen and oxygen atoms in total. The summed E-state index contributed by atoms with van der Waals surface area (Å²) < 4.78 is 5.93. The third-order valence-corrected chi connectivity index (χ3v) is 7.01. The molecule has 0 fully saturated rings. The number of nitrogens with one attached hydrogen (secondary N) is 1. The number of fused-ring (bicyclic) bond motifs is 4. The fourth-order valence-electron chi connectivity index (χ4n) is 4.26. The lowest BCUT2D eigenvalue weighted by atomic mass is 9.96. The Bertz CT molecular complexity index is 1170. The number of nitrogens with zero attached hydrogens (tertiary/aromatic N) is 3. The molecular weight excluding hydrogens is 400 g/mol. The zero-order valence-corrected chi connectivity index (χ0v) is 17.7. The fraction of sp³-hybridized carbons (Fsp3) is 0.364. The van der Waals surface area contributed by atoms with Gasteiger partial charge in [-0.15, -0.1) is 11.3 Å². The Morgan fingerprint density at radius 2 is 2.03 bits per heavy atom. The predicted molar refractivity (Wildman–Crippen MR) is 116 cm³/mol. The first-order chi connectivity index (χ1) is 14.5. The molecule has 2 aromatic heterocycles. The molecule has 1 N–H and O–H groups in total. The number of carbonyl (C=O) groups excluding carboxylic acids is 2. The smallest absolute Gasteiger partial charge is 0.265 e. The van der Waals surface area contributed by atoms with Crippen LogP contribution in [-0.2, 0) is 22.4 Å². The highest BCUT2D eigenvalue weighted by Gasteiger charge is 2.43. The van der Waals surface area contributed by atoms with Crippen LogP contribution in [0.15, 0.2) is 30.6 Å². The summed E-state index contributed by atoms with van der Waals surface area (Å²) in [6, 6.07) is 7.29. The van der Waals surface area contributed by atoms with Crippen LogP contribution in [0.5, 0.6) is 5.88 Å². The van der Waals surface area contributed by atoms with Gasteiger partial charge in [-0.3, -0.25) is 14.5 Å². The summed E-state index contributed by atoms with van der Waals surface area (Å²) in [5.74, 6) is -0.0793. The van der Waals surface area contributed by atoms with Crippen molar-refractivity contribution in [3.63, 3.8) is 0 Å². The van der Waals surface area contributed by atoms with E-state index >= 15 is 0 Å². The van der Waals surface area contributed by atoms with Gasteiger partial charge >= 0.3 is 0 Å². The molecule has 1 aliphatic carbocycles. The zero-order valence-electron chi connectivity index (χ0n) is 16.9. The highest BCUT2D eigenvalue weighted by molar-refractivity contribution is 7.18. The van der Waals surface area contributed by atoms with Crippen LogP contribution in [0.25, 0.3) is 10.2 Å². The standard InChI is InChI=1S/C22H22N4O3S/c1-22(2)21(28)25-14-8-4-5-9-15(14)26(22)17(27)11-29-19-18-13-7-3-6-10-16(13)30-20(18)24-12-23-19/h4-5,8-9,12H,3,6-7,10-11H2,1-2H3,(H,25,28). The minimum atomic E-state index is -1.03. The van der Waals surface area contributed by atoms with Crippen LogP contribution >= 0.6 is 11.3 Å². The van der Waals surface area contributed by atoms with E-state index < -0.39 is 5.54 Å². The summed E-state index contributed by atoms with van der Waals surface area (Å²) in [4.78, 5) is 38.3. The summed E-state index contributed by atoms with van der Waals surface area (Å²) in [5, 5.41) is 3.80. The van der Waals surface area contributed by atoms with E-state index in [1.807, 2.05) is 18.2 Å². The molecule has 0 bridgehead atoms. The molecule has 0 saturated carbocycles. The highest BCUT2D eigenvalue weighted by atomic mass is 32.1. The summed E-state index contributed by atoms with van der Waals surface area (Å²) in [7, 11) is 0. The normalized spacial score (nSPS) is 17.3. The Labute approximate surface area is 178 Å². The number of rotatable bonds is 3. The Kier molecular flexibility index (Phi) is 4.47. The van der Waals surface area contributed by atoms with Gasteiger partial charge in [-0.25, -0.2) is 9.97 Å². The van der Waals surface area contributed by atoms with E-state index in [1.165, 1.54) is 28.1 Å². The third kappa shape index (κ3) is 2.94. The number of hydrogen-bond acceptors (Lipinski definition) is 6. The number of aryl methyl sites for hydroxylation is 2. The van der Waals surface area contributed by atoms with Crippen LogP contribution in [0, 0.1) is 0 Å². The van der Waals surface area contributed by atoms with Gasteiger partial charge in [-0.1, -0.05) is 12.1 Å². The van der Waals surface area contributed by atoms with Gasteiger partial charge in [-0.2, -0.15) is 0 Å². The van der Waals surface area contributed by atoms with Gasteiger partial charge in [0.25, 0.3) is 5.91 Å². The molecule has 0 atom stereocenters. The van der Waals surface area contributed by atoms with Crippen molar-refractivity contribution in [2.75, 3.05) is 16.8 Å². The summed E-state index contributed by atoms with van der Waals surface area (Å²) in [6.07, 6.45) is 5.85. The van der Waals surface area contributed by atoms with Gasteiger partial charge in [0.05, 0.1) is 16.8 Å². The van der Waals surface area contributed by atoms with Crippen LogP contribution in [0.3, 0.4) is 0 Å². The number of aromatic nitrogens is 2. The number of carbonyl (C=O) groups is 2. The van der Waals surface area contributed by atoms with Gasteiger partial charge in [0.1, 0.15) is 16.7 Å². The van der Waals surface area contributed by atoms with Gasteiger partial charge in [0.2, 0.25) is 11.8 Å². The molecular formula is C22H22N4O3S. The molecule has 8 heteroatoms. The maximum atomic E-state index is 13.2. The molecule has 0 spiro atoms. The van der Waals surface area contributed by atoms with E-state index in [-0.39, 0.29) is 18.4 Å². The van der Waals surface area contributed by atoms with Gasteiger partial charge < -0.3 is 10.1 Å². The molecule has 0 saturated heterocycles. The second-order valence-corrected chi connectivity index (χ2v) is 9.20. The summed E-state index contributed by atoms with van der Waals surface area (Å²) in [5.41, 5.74) is 1.51. The number of anilines is 2. The van der Waals surface area contributed by atoms with Crippen molar-refractivity contribution in [2.45, 2.75) is 45.1 Å². The maximum absolute atomic E-state index is 13.2. The van der Waals surface area contributed by atoms with E-state index in [0.29, 0.717) is 17.3 Å². The molecule has 30 heavy (non-hydrogen) atoms. The number of benzene rings is 1. The lowest BCUT2D eigenvalue weighted by Gasteiger charge is -2.41. The van der Waals surface area contributed by atoms with Crippen molar-refractivity contribution in [3.8, 4) is 5.88 Å². The van der Waals surface area contributed by atoms with Crippen LogP contribution in [0.2, 0.25) is 0 Å². The second kappa shape index (κ2) is 7.05. The van der Waals surface area contributed by atoms with Crippen molar-refractivity contribution >= 4 is 44.7 Å². The number of thiophene rings is 1. The molecule has 3 aromatic rings. The maximum Gasteiger partial charge on any atom is 0.265 e.